The average molecular weight is 380 g/mol. The van der Waals surface area contributed by atoms with Gasteiger partial charge < -0.3 is 9.73 Å². The minimum absolute atomic E-state index is 0.0895. The first-order valence-electron chi connectivity index (χ1n) is 8.27. The van der Waals surface area contributed by atoms with E-state index in [1.54, 1.807) is 0 Å². The van der Waals surface area contributed by atoms with Gasteiger partial charge in [0.15, 0.2) is 9.84 Å². The maximum Gasteiger partial charge on any atom is 0.293 e. The predicted octanol–water partition coefficient (Wildman–Crippen LogP) is 4.35. The van der Waals surface area contributed by atoms with Crippen LogP contribution in [0.2, 0.25) is 0 Å². The van der Waals surface area contributed by atoms with E-state index in [1.807, 2.05) is 39.8 Å². The van der Waals surface area contributed by atoms with Crippen LogP contribution in [0.4, 0.5) is 11.4 Å². The van der Waals surface area contributed by atoms with Crippen LogP contribution in [0.1, 0.15) is 45.3 Å². The van der Waals surface area contributed by atoms with Gasteiger partial charge in [-0.1, -0.05) is 27.7 Å². The van der Waals surface area contributed by atoms with Crippen molar-refractivity contribution in [2.24, 2.45) is 5.41 Å². The van der Waals surface area contributed by atoms with E-state index in [0.29, 0.717) is 5.76 Å². The Morgan fingerprint density at radius 1 is 1.23 bits per heavy atom. The second kappa shape index (κ2) is 7.11. The molecule has 0 bridgehead atoms. The molecule has 0 amide bonds. The third kappa shape index (κ3) is 4.43. The summed E-state index contributed by atoms with van der Waals surface area (Å²) in [4.78, 5) is 10.8. The maximum atomic E-state index is 11.7. The lowest BCUT2D eigenvalue weighted by Crippen LogP contribution is -2.25. The van der Waals surface area contributed by atoms with E-state index >= 15 is 0 Å². The molecule has 1 atom stereocenters. The van der Waals surface area contributed by atoms with Gasteiger partial charge in [0.05, 0.1) is 15.9 Å². The summed E-state index contributed by atoms with van der Waals surface area (Å²) in [6, 6.07) is 7.29. The second-order valence-corrected chi connectivity index (χ2v) is 9.32. The van der Waals surface area contributed by atoms with Gasteiger partial charge in [-0.25, -0.2) is 8.42 Å². The van der Waals surface area contributed by atoms with E-state index in [4.69, 9.17) is 4.42 Å². The molecule has 2 rings (SSSR count). The van der Waals surface area contributed by atoms with Crippen LogP contribution >= 0.6 is 0 Å². The minimum Gasteiger partial charge on any atom is -0.464 e. The van der Waals surface area contributed by atoms with Crippen molar-refractivity contribution in [3.8, 4) is 0 Å². The first kappa shape index (κ1) is 20.0. The van der Waals surface area contributed by atoms with Crippen molar-refractivity contribution in [3.05, 3.63) is 52.0 Å². The van der Waals surface area contributed by atoms with Crippen LogP contribution in [-0.2, 0) is 16.3 Å². The summed E-state index contributed by atoms with van der Waals surface area (Å²) in [6.07, 6.45) is 1.77. The Hall–Kier alpha value is -2.35. The maximum absolute atomic E-state index is 11.7. The lowest BCUT2D eigenvalue weighted by molar-refractivity contribution is -0.384. The molecular weight excluding hydrogens is 356 g/mol. The first-order chi connectivity index (χ1) is 11.9. The van der Waals surface area contributed by atoms with Crippen molar-refractivity contribution in [3.63, 3.8) is 0 Å². The predicted molar refractivity (Wildman–Crippen MR) is 100 cm³/mol. The molecule has 142 valence electrons. The zero-order chi connectivity index (χ0) is 19.7. The first-order valence-corrected chi connectivity index (χ1v) is 10.2. The lowest BCUT2D eigenvalue weighted by Gasteiger charge is -2.30. The van der Waals surface area contributed by atoms with Gasteiger partial charge in [-0.15, -0.1) is 0 Å². The smallest absolute Gasteiger partial charge is 0.293 e. The van der Waals surface area contributed by atoms with Crippen LogP contribution in [0, 0.1) is 15.5 Å². The number of nitro groups is 1. The lowest BCUT2D eigenvalue weighted by atomic mass is 9.85. The number of anilines is 1. The highest BCUT2D eigenvalue weighted by Crippen LogP contribution is 2.39. The summed E-state index contributed by atoms with van der Waals surface area (Å²) in [6.45, 7) is 7.97. The third-order valence-corrected chi connectivity index (χ3v) is 5.19. The molecular formula is C18H24N2O5S. The molecule has 1 N–H and O–H groups in total. The van der Waals surface area contributed by atoms with Gasteiger partial charge in [0.2, 0.25) is 0 Å². The van der Waals surface area contributed by atoms with E-state index < -0.39 is 14.8 Å². The molecule has 0 saturated heterocycles. The molecule has 1 heterocycles. The average Bonchev–Trinajstić information content (AvgIpc) is 2.98. The summed E-state index contributed by atoms with van der Waals surface area (Å²) in [5, 5.41) is 14.6. The molecule has 1 unspecified atom stereocenters. The second-order valence-electron chi connectivity index (χ2n) is 7.31. The van der Waals surface area contributed by atoms with Crippen LogP contribution in [-0.4, -0.2) is 19.6 Å². The third-order valence-electron chi connectivity index (χ3n) is 4.08. The van der Waals surface area contributed by atoms with Gasteiger partial charge in [0, 0.05) is 18.7 Å². The van der Waals surface area contributed by atoms with Crippen molar-refractivity contribution >= 4 is 21.2 Å². The molecule has 0 aliphatic carbocycles. The van der Waals surface area contributed by atoms with Crippen LogP contribution in [0.15, 0.2) is 39.6 Å². The molecule has 0 aliphatic heterocycles. The van der Waals surface area contributed by atoms with Crippen LogP contribution in [0.5, 0.6) is 0 Å². The van der Waals surface area contributed by atoms with E-state index in [1.165, 1.54) is 12.1 Å². The zero-order valence-corrected chi connectivity index (χ0v) is 16.4. The number of furan rings is 1. The number of aryl methyl sites for hydroxylation is 1. The number of benzene rings is 1. The SMILES string of the molecule is CCc1ccc(C(Nc2ccc(S(C)(=O)=O)cc2[N+](=O)[O-])C(C)(C)C)o1. The van der Waals surface area contributed by atoms with Crippen LogP contribution < -0.4 is 5.32 Å². The Morgan fingerprint density at radius 2 is 1.88 bits per heavy atom. The van der Waals surface area contributed by atoms with E-state index in [0.717, 1.165) is 24.5 Å². The molecule has 1 aromatic carbocycles. The molecule has 2 aromatic rings. The van der Waals surface area contributed by atoms with E-state index in [2.05, 4.69) is 5.32 Å². The Bertz CT molecular complexity index is 910. The van der Waals surface area contributed by atoms with Gasteiger partial charge in [0.1, 0.15) is 17.2 Å². The van der Waals surface area contributed by atoms with Crippen molar-refractivity contribution in [2.45, 2.75) is 45.1 Å². The molecule has 1 aromatic heterocycles. The highest BCUT2D eigenvalue weighted by Gasteiger charge is 2.31. The minimum atomic E-state index is -3.54. The zero-order valence-electron chi connectivity index (χ0n) is 15.6. The van der Waals surface area contributed by atoms with Gasteiger partial charge in [-0.3, -0.25) is 10.1 Å². The fourth-order valence-corrected chi connectivity index (χ4v) is 3.27. The number of nitrogens with zero attached hydrogens (tertiary/aromatic N) is 1. The quantitative estimate of drug-likeness (QED) is 0.590. The van der Waals surface area contributed by atoms with Crippen LogP contribution in [0.3, 0.4) is 0 Å². The molecule has 0 saturated carbocycles. The summed E-state index contributed by atoms with van der Waals surface area (Å²) in [7, 11) is -3.54. The Morgan fingerprint density at radius 3 is 2.35 bits per heavy atom. The van der Waals surface area contributed by atoms with Crippen molar-refractivity contribution < 1.29 is 17.8 Å². The number of rotatable bonds is 6. The molecule has 0 radical (unpaired) electrons. The fraction of sp³-hybridized carbons (Fsp3) is 0.444. The number of hydrogen-bond donors (Lipinski definition) is 1. The highest BCUT2D eigenvalue weighted by molar-refractivity contribution is 7.90. The summed E-state index contributed by atoms with van der Waals surface area (Å²) >= 11 is 0. The number of nitro benzene ring substituents is 1. The normalized spacial score (nSPS) is 13.4. The van der Waals surface area contributed by atoms with Crippen molar-refractivity contribution in [1.82, 2.24) is 0 Å². The van der Waals surface area contributed by atoms with E-state index in [9.17, 15) is 18.5 Å². The molecule has 0 aliphatic rings. The fourth-order valence-electron chi connectivity index (χ4n) is 2.62. The molecule has 0 spiro atoms. The monoisotopic (exact) mass is 380 g/mol. The van der Waals surface area contributed by atoms with Crippen molar-refractivity contribution in [1.29, 1.82) is 0 Å². The Labute approximate surface area is 153 Å². The number of hydrogen-bond acceptors (Lipinski definition) is 6. The van der Waals surface area contributed by atoms with Gasteiger partial charge >= 0.3 is 0 Å². The summed E-state index contributed by atoms with van der Waals surface area (Å²) in [5.74, 6) is 1.51. The van der Waals surface area contributed by atoms with E-state index in [-0.39, 0.29) is 27.7 Å². The number of sulfone groups is 1. The number of nitrogens with one attached hydrogen (secondary N) is 1. The highest BCUT2D eigenvalue weighted by atomic mass is 32.2. The Balaban J connectivity index is 2.50. The molecule has 8 heteroatoms. The standard InChI is InChI=1S/C18H24N2O5S/c1-6-12-7-10-16(25-12)17(18(2,3)4)19-14-9-8-13(26(5,23)24)11-15(14)20(21)22/h7-11,17,19H,6H2,1-5H3. The van der Waals surface area contributed by atoms with Crippen LogP contribution in [0.25, 0.3) is 0 Å². The van der Waals surface area contributed by atoms with Gasteiger partial charge in [-0.05, 0) is 29.7 Å². The van der Waals surface area contributed by atoms with Crippen molar-refractivity contribution in [2.75, 3.05) is 11.6 Å². The Kier molecular flexibility index (Phi) is 5.46. The summed E-state index contributed by atoms with van der Waals surface area (Å²) in [5.41, 5.74) is -0.340. The summed E-state index contributed by atoms with van der Waals surface area (Å²) < 4.78 is 29.2. The largest absolute Gasteiger partial charge is 0.464 e. The van der Waals surface area contributed by atoms with Gasteiger partial charge in [0.25, 0.3) is 5.69 Å². The topological polar surface area (TPSA) is 102 Å². The molecule has 0 fully saturated rings. The molecule has 26 heavy (non-hydrogen) atoms. The molecule has 7 nitrogen and oxygen atoms in total. The van der Waals surface area contributed by atoms with Gasteiger partial charge in [-0.2, -0.15) is 0 Å².